The van der Waals surface area contributed by atoms with Gasteiger partial charge in [-0.3, -0.25) is 14.8 Å². The molecule has 0 aliphatic heterocycles. The Bertz CT molecular complexity index is 1080. The van der Waals surface area contributed by atoms with E-state index in [-0.39, 0.29) is 11.5 Å². The fourth-order valence-corrected chi connectivity index (χ4v) is 3.03. The number of methoxy groups -OCH3 is 1. The number of para-hydroxylation sites is 2. The van der Waals surface area contributed by atoms with E-state index in [0.29, 0.717) is 18.0 Å². The standard InChI is InChI=1S/C23H26FN5O2/c1-4-13-29-15-17(16(2)28-29)14-25-23(26-20-11-7-8-12-21(20)31-3)27-22(30)18-9-5-6-10-19(18)24/h5-12,15H,4,13-14H2,1-3H3,(H2,25,26,27,30). The Kier molecular flexibility index (Phi) is 7.37. The average Bonchev–Trinajstić information content (AvgIpc) is 3.12. The van der Waals surface area contributed by atoms with Gasteiger partial charge in [0.2, 0.25) is 5.96 Å². The average molecular weight is 423 g/mol. The highest BCUT2D eigenvalue weighted by Gasteiger charge is 2.15. The molecular formula is C23H26FN5O2. The van der Waals surface area contributed by atoms with Crippen molar-refractivity contribution in [2.24, 2.45) is 4.99 Å². The van der Waals surface area contributed by atoms with Crippen LogP contribution in [-0.2, 0) is 13.1 Å². The zero-order chi connectivity index (χ0) is 22.2. The van der Waals surface area contributed by atoms with E-state index in [1.807, 2.05) is 29.9 Å². The summed E-state index contributed by atoms with van der Waals surface area (Å²) in [6, 6.07) is 13.1. The first-order valence-corrected chi connectivity index (χ1v) is 10.0. The van der Waals surface area contributed by atoms with Crippen LogP contribution in [0.4, 0.5) is 10.1 Å². The van der Waals surface area contributed by atoms with Crippen LogP contribution < -0.4 is 15.4 Å². The second-order valence-electron chi connectivity index (χ2n) is 6.93. The summed E-state index contributed by atoms with van der Waals surface area (Å²) >= 11 is 0. The number of aromatic nitrogens is 2. The number of rotatable bonds is 7. The predicted molar refractivity (Wildman–Crippen MR) is 119 cm³/mol. The molecule has 7 nitrogen and oxygen atoms in total. The number of ether oxygens (including phenoxy) is 1. The van der Waals surface area contributed by atoms with Crippen molar-refractivity contribution in [1.82, 2.24) is 15.1 Å². The molecule has 0 aliphatic carbocycles. The van der Waals surface area contributed by atoms with E-state index >= 15 is 0 Å². The Morgan fingerprint density at radius 3 is 2.68 bits per heavy atom. The minimum atomic E-state index is -0.603. The van der Waals surface area contributed by atoms with Gasteiger partial charge >= 0.3 is 0 Å². The monoisotopic (exact) mass is 423 g/mol. The van der Waals surface area contributed by atoms with Gasteiger partial charge in [-0.05, 0) is 37.6 Å². The van der Waals surface area contributed by atoms with E-state index in [9.17, 15) is 9.18 Å². The number of guanidine groups is 1. The Hall–Kier alpha value is -3.68. The Labute approximate surface area is 181 Å². The fourth-order valence-electron chi connectivity index (χ4n) is 3.03. The summed E-state index contributed by atoms with van der Waals surface area (Å²) in [5, 5.41) is 10.2. The number of anilines is 1. The second-order valence-corrected chi connectivity index (χ2v) is 6.93. The molecule has 3 aromatic rings. The zero-order valence-electron chi connectivity index (χ0n) is 17.9. The van der Waals surface area contributed by atoms with Gasteiger partial charge in [-0.1, -0.05) is 31.2 Å². The number of aryl methyl sites for hydroxylation is 2. The number of carbonyl (C=O) groups is 1. The summed E-state index contributed by atoms with van der Waals surface area (Å²) in [4.78, 5) is 17.2. The zero-order valence-corrected chi connectivity index (χ0v) is 17.9. The summed E-state index contributed by atoms with van der Waals surface area (Å²) in [7, 11) is 1.56. The fraction of sp³-hybridized carbons (Fsp3) is 0.261. The topological polar surface area (TPSA) is 80.5 Å². The summed E-state index contributed by atoms with van der Waals surface area (Å²) in [5.74, 6) is -0.436. The molecule has 0 unspecified atom stereocenters. The van der Waals surface area contributed by atoms with Gasteiger partial charge in [-0.25, -0.2) is 9.38 Å². The molecule has 2 aromatic carbocycles. The van der Waals surface area contributed by atoms with Gasteiger partial charge in [0, 0.05) is 18.3 Å². The molecule has 31 heavy (non-hydrogen) atoms. The van der Waals surface area contributed by atoms with Crippen molar-refractivity contribution in [2.45, 2.75) is 33.4 Å². The van der Waals surface area contributed by atoms with Crippen molar-refractivity contribution in [3.8, 4) is 5.75 Å². The van der Waals surface area contributed by atoms with Crippen molar-refractivity contribution in [3.05, 3.63) is 77.4 Å². The summed E-state index contributed by atoms with van der Waals surface area (Å²) in [6.45, 7) is 5.12. The summed E-state index contributed by atoms with van der Waals surface area (Å²) in [6.07, 6.45) is 2.92. The van der Waals surface area contributed by atoms with E-state index in [2.05, 4.69) is 27.6 Å². The maximum absolute atomic E-state index is 14.1. The molecule has 2 N–H and O–H groups in total. The molecule has 1 amide bonds. The van der Waals surface area contributed by atoms with Gasteiger partial charge in [0.1, 0.15) is 11.6 Å². The molecule has 1 heterocycles. The van der Waals surface area contributed by atoms with Crippen LogP contribution >= 0.6 is 0 Å². The minimum absolute atomic E-state index is 0.0658. The van der Waals surface area contributed by atoms with Gasteiger partial charge in [-0.2, -0.15) is 5.10 Å². The second kappa shape index (κ2) is 10.4. The molecule has 0 saturated carbocycles. The Balaban J connectivity index is 1.87. The van der Waals surface area contributed by atoms with Crippen LogP contribution in [0.2, 0.25) is 0 Å². The lowest BCUT2D eigenvalue weighted by atomic mass is 10.2. The lowest BCUT2D eigenvalue weighted by molar-refractivity contribution is 0.0973. The third-order valence-electron chi connectivity index (χ3n) is 4.62. The molecule has 0 fully saturated rings. The molecule has 0 spiro atoms. The van der Waals surface area contributed by atoms with Gasteiger partial charge < -0.3 is 10.1 Å². The van der Waals surface area contributed by atoms with Gasteiger partial charge in [-0.15, -0.1) is 0 Å². The lowest BCUT2D eigenvalue weighted by Crippen LogP contribution is -2.36. The number of halogens is 1. The number of nitrogens with one attached hydrogen (secondary N) is 2. The maximum Gasteiger partial charge on any atom is 0.260 e. The minimum Gasteiger partial charge on any atom is -0.495 e. The van der Waals surface area contributed by atoms with Crippen LogP contribution in [0.15, 0.2) is 59.7 Å². The highest BCUT2D eigenvalue weighted by molar-refractivity contribution is 6.10. The van der Waals surface area contributed by atoms with Gasteiger partial charge in [0.15, 0.2) is 0 Å². The lowest BCUT2D eigenvalue weighted by Gasteiger charge is -2.14. The van der Waals surface area contributed by atoms with Crippen molar-refractivity contribution in [1.29, 1.82) is 0 Å². The Morgan fingerprint density at radius 1 is 1.19 bits per heavy atom. The number of amides is 1. The van der Waals surface area contributed by atoms with Gasteiger partial charge in [0.25, 0.3) is 5.91 Å². The first-order valence-electron chi connectivity index (χ1n) is 10.0. The van der Waals surface area contributed by atoms with Crippen molar-refractivity contribution in [3.63, 3.8) is 0 Å². The third-order valence-corrected chi connectivity index (χ3v) is 4.62. The number of benzene rings is 2. The molecule has 1 aromatic heterocycles. The van der Waals surface area contributed by atoms with Crippen LogP contribution in [0.5, 0.6) is 5.75 Å². The van der Waals surface area contributed by atoms with E-state index in [0.717, 1.165) is 24.2 Å². The predicted octanol–water partition coefficient (Wildman–Crippen LogP) is 4.15. The van der Waals surface area contributed by atoms with E-state index < -0.39 is 11.7 Å². The number of carbonyl (C=O) groups excluding carboxylic acids is 1. The highest BCUT2D eigenvalue weighted by Crippen LogP contribution is 2.23. The summed E-state index contributed by atoms with van der Waals surface area (Å²) < 4.78 is 21.3. The number of nitrogens with zero attached hydrogens (tertiary/aromatic N) is 3. The molecule has 8 heteroatoms. The molecule has 0 atom stereocenters. The molecule has 162 valence electrons. The molecule has 0 bridgehead atoms. The third kappa shape index (κ3) is 5.69. The van der Waals surface area contributed by atoms with Gasteiger partial charge in [0.05, 0.1) is 30.6 Å². The first kappa shape index (κ1) is 22.0. The molecule has 3 rings (SSSR count). The number of hydrogen-bond acceptors (Lipinski definition) is 4. The molecular weight excluding hydrogens is 397 g/mol. The van der Waals surface area contributed by atoms with Crippen LogP contribution in [0.1, 0.15) is 35.0 Å². The quantitative estimate of drug-likeness (QED) is 0.442. The van der Waals surface area contributed by atoms with Crippen molar-refractivity contribution in [2.75, 3.05) is 12.4 Å². The number of aliphatic imine (C=N–C) groups is 1. The number of hydrogen-bond donors (Lipinski definition) is 2. The van der Waals surface area contributed by atoms with Crippen molar-refractivity contribution >= 4 is 17.6 Å². The highest BCUT2D eigenvalue weighted by atomic mass is 19.1. The van der Waals surface area contributed by atoms with Crippen LogP contribution in [0.3, 0.4) is 0 Å². The van der Waals surface area contributed by atoms with Crippen molar-refractivity contribution < 1.29 is 13.9 Å². The maximum atomic E-state index is 14.1. The van der Waals surface area contributed by atoms with Crippen LogP contribution in [-0.4, -0.2) is 28.8 Å². The first-order chi connectivity index (χ1) is 15.0. The van der Waals surface area contributed by atoms with Crippen LogP contribution in [0, 0.1) is 12.7 Å². The molecule has 0 saturated heterocycles. The Morgan fingerprint density at radius 2 is 1.94 bits per heavy atom. The van der Waals surface area contributed by atoms with Crippen LogP contribution in [0.25, 0.3) is 0 Å². The largest absolute Gasteiger partial charge is 0.495 e. The van der Waals surface area contributed by atoms with E-state index in [4.69, 9.17) is 4.74 Å². The summed E-state index contributed by atoms with van der Waals surface area (Å²) in [5.41, 5.74) is 2.36. The normalized spacial score (nSPS) is 11.3. The molecule has 0 radical (unpaired) electrons. The molecule has 0 aliphatic rings. The SMILES string of the molecule is CCCn1cc(CN=C(NC(=O)c2ccccc2F)Nc2ccccc2OC)c(C)n1. The van der Waals surface area contributed by atoms with E-state index in [1.165, 1.54) is 18.2 Å². The van der Waals surface area contributed by atoms with E-state index in [1.54, 1.807) is 25.3 Å². The smallest absolute Gasteiger partial charge is 0.260 e.